The summed E-state index contributed by atoms with van der Waals surface area (Å²) in [5.74, 6) is 0. The van der Waals surface area contributed by atoms with E-state index in [2.05, 4.69) is 17.0 Å². The number of carbonyl (C=O) groups excluding carboxylic acids is 1. The fraction of sp³-hybridized carbons (Fsp3) is 0.435. The van der Waals surface area contributed by atoms with Gasteiger partial charge in [0.15, 0.2) is 0 Å². The van der Waals surface area contributed by atoms with Gasteiger partial charge in [0.25, 0.3) is 0 Å². The van der Waals surface area contributed by atoms with Crippen LogP contribution in [0.25, 0.3) is 0 Å². The molecule has 0 radical (unpaired) electrons. The van der Waals surface area contributed by atoms with E-state index < -0.39 is 0 Å². The Morgan fingerprint density at radius 3 is 2.43 bits per heavy atom. The molecule has 1 spiro atoms. The molecule has 2 aromatic rings. The second kappa shape index (κ2) is 7.13. The number of carbonyl (C=O) groups is 1. The minimum atomic E-state index is -0.260. The third-order valence-corrected chi connectivity index (χ3v) is 6.41. The van der Waals surface area contributed by atoms with Gasteiger partial charge in [-0.2, -0.15) is 0 Å². The lowest BCUT2D eigenvalue weighted by molar-refractivity contribution is -0.124. The largest absolute Gasteiger partial charge is 0.444 e. The van der Waals surface area contributed by atoms with Crippen molar-refractivity contribution in [2.24, 2.45) is 5.41 Å². The molecule has 3 aliphatic rings. The van der Waals surface area contributed by atoms with Crippen LogP contribution < -0.4 is 9.80 Å². The summed E-state index contributed by atoms with van der Waals surface area (Å²) in [5.41, 5.74) is 5.00. The Kier molecular flexibility index (Phi) is 4.47. The molecule has 3 heterocycles. The molecule has 5 nitrogen and oxygen atoms in total. The van der Waals surface area contributed by atoms with Gasteiger partial charge in [-0.05, 0) is 37.0 Å². The molecule has 2 saturated heterocycles. The molecule has 0 atom stereocenters. The predicted octanol–water partition coefficient (Wildman–Crippen LogP) is 4.00. The number of benzene rings is 2. The normalized spacial score (nSPS) is 20.0. The summed E-state index contributed by atoms with van der Waals surface area (Å²) in [4.78, 5) is 16.9. The molecule has 0 bridgehead atoms. The molecule has 5 heteroatoms. The third-order valence-electron chi connectivity index (χ3n) is 6.41. The van der Waals surface area contributed by atoms with Crippen molar-refractivity contribution in [3.8, 4) is 0 Å². The van der Waals surface area contributed by atoms with Crippen molar-refractivity contribution in [1.29, 1.82) is 0 Å². The first-order valence-corrected chi connectivity index (χ1v) is 10.2. The molecule has 0 aromatic heterocycles. The van der Waals surface area contributed by atoms with Gasteiger partial charge in [-0.25, -0.2) is 4.79 Å². The highest BCUT2D eigenvalue weighted by atomic mass is 16.6. The number of piperidine rings is 1. The molecule has 2 fully saturated rings. The average molecular weight is 378 g/mol. The van der Waals surface area contributed by atoms with Crippen LogP contribution in [0.4, 0.5) is 16.2 Å². The van der Waals surface area contributed by atoms with Crippen LogP contribution in [0.1, 0.15) is 24.0 Å². The van der Waals surface area contributed by atoms with E-state index in [1.54, 1.807) is 4.90 Å². The van der Waals surface area contributed by atoms with Gasteiger partial charge in [-0.1, -0.05) is 36.4 Å². The summed E-state index contributed by atoms with van der Waals surface area (Å²) in [7, 11) is 0. The zero-order chi connectivity index (χ0) is 19.0. The van der Waals surface area contributed by atoms with E-state index in [4.69, 9.17) is 9.47 Å². The fourth-order valence-corrected chi connectivity index (χ4v) is 4.60. The molecule has 28 heavy (non-hydrogen) atoms. The van der Waals surface area contributed by atoms with Crippen molar-refractivity contribution >= 4 is 17.5 Å². The Morgan fingerprint density at radius 2 is 1.71 bits per heavy atom. The fourth-order valence-electron chi connectivity index (χ4n) is 4.60. The molecule has 0 unspecified atom stereocenters. The lowest BCUT2D eigenvalue weighted by Gasteiger charge is -2.48. The number of fused-ring (bicyclic) bond motifs is 1. The van der Waals surface area contributed by atoms with Crippen LogP contribution >= 0.6 is 0 Å². The quantitative estimate of drug-likeness (QED) is 0.810. The maximum absolute atomic E-state index is 12.7. The second-order valence-electron chi connectivity index (χ2n) is 8.20. The van der Waals surface area contributed by atoms with Gasteiger partial charge in [0.2, 0.25) is 0 Å². The van der Waals surface area contributed by atoms with E-state index in [-0.39, 0.29) is 6.09 Å². The van der Waals surface area contributed by atoms with Crippen molar-refractivity contribution in [1.82, 2.24) is 0 Å². The topological polar surface area (TPSA) is 42.0 Å². The number of rotatable bonds is 3. The molecule has 3 aliphatic heterocycles. The first-order valence-electron chi connectivity index (χ1n) is 10.2. The van der Waals surface area contributed by atoms with Crippen molar-refractivity contribution < 1.29 is 14.3 Å². The molecule has 0 saturated carbocycles. The predicted molar refractivity (Wildman–Crippen MR) is 109 cm³/mol. The number of anilines is 2. The van der Waals surface area contributed by atoms with Crippen LogP contribution in [-0.2, 0) is 22.5 Å². The van der Waals surface area contributed by atoms with E-state index in [1.807, 2.05) is 36.4 Å². The van der Waals surface area contributed by atoms with Gasteiger partial charge in [0.05, 0.1) is 18.9 Å². The summed E-state index contributed by atoms with van der Waals surface area (Å²) in [6.07, 6.45) is 3.01. The number of ether oxygens (including phenoxy) is 2. The Balaban J connectivity index is 1.28. The van der Waals surface area contributed by atoms with Crippen molar-refractivity contribution in [2.75, 3.05) is 42.6 Å². The van der Waals surface area contributed by atoms with Gasteiger partial charge in [-0.15, -0.1) is 0 Å². The van der Waals surface area contributed by atoms with Crippen LogP contribution in [0.5, 0.6) is 0 Å². The van der Waals surface area contributed by atoms with Crippen molar-refractivity contribution in [3.05, 3.63) is 59.7 Å². The highest BCUT2D eigenvalue weighted by molar-refractivity contribution is 5.92. The van der Waals surface area contributed by atoms with E-state index in [1.165, 1.54) is 24.1 Å². The Hall–Kier alpha value is -2.53. The van der Waals surface area contributed by atoms with Crippen molar-refractivity contribution in [3.63, 3.8) is 0 Å². The molecule has 146 valence electrons. The van der Waals surface area contributed by atoms with Gasteiger partial charge in [0, 0.05) is 36.3 Å². The molecular formula is C23H26N2O3. The van der Waals surface area contributed by atoms with E-state index >= 15 is 0 Å². The zero-order valence-electron chi connectivity index (χ0n) is 16.1. The summed E-state index contributed by atoms with van der Waals surface area (Å²) in [5, 5.41) is 0. The van der Waals surface area contributed by atoms with Crippen LogP contribution in [-0.4, -0.2) is 38.9 Å². The maximum Gasteiger partial charge on any atom is 0.414 e. The van der Waals surface area contributed by atoms with Gasteiger partial charge >= 0.3 is 6.09 Å². The van der Waals surface area contributed by atoms with Gasteiger partial charge in [-0.3, -0.25) is 4.90 Å². The van der Waals surface area contributed by atoms with Crippen LogP contribution in [0, 0.1) is 5.41 Å². The number of amides is 1. The highest BCUT2D eigenvalue weighted by Crippen LogP contribution is 2.42. The van der Waals surface area contributed by atoms with E-state index in [0.717, 1.165) is 44.0 Å². The minimum Gasteiger partial charge on any atom is -0.444 e. The van der Waals surface area contributed by atoms with Crippen LogP contribution in [0.3, 0.4) is 0 Å². The molecule has 2 aromatic carbocycles. The first-order chi connectivity index (χ1) is 13.7. The maximum atomic E-state index is 12.7. The SMILES string of the molecule is O=C(OCc1ccccc1)N1CCc2c(N3CCC4(CC3)COC4)cccc21. The molecule has 0 aliphatic carbocycles. The second-order valence-corrected chi connectivity index (χ2v) is 8.20. The third kappa shape index (κ3) is 3.14. The van der Waals surface area contributed by atoms with Crippen LogP contribution in [0.2, 0.25) is 0 Å². The molecule has 5 rings (SSSR count). The van der Waals surface area contributed by atoms with E-state index in [9.17, 15) is 4.79 Å². The van der Waals surface area contributed by atoms with E-state index in [0.29, 0.717) is 18.6 Å². The first kappa shape index (κ1) is 17.6. The Bertz CT molecular complexity index is 853. The monoisotopic (exact) mass is 378 g/mol. The summed E-state index contributed by atoms with van der Waals surface area (Å²) < 4.78 is 11.0. The standard InChI is InChI=1S/C23H26N2O3/c26-22(28-15-18-5-2-1-3-6-18)25-12-9-19-20(7-4-8-21(19)25)24-13-10-23(11-14-24)16-27-17-23/h1-8H,9-17H2. The highest BCUT2D eigenvalue weighted by Gasteiger charge is 2.41. The summed E-state index contributed by atoms with van der Waals surface area (Å²) in [6, 6.07) is 16.1. The summed E-state index contributed by atoms with van der Waals surface area (Å²) in [6.45, 7) is 4.98. The van der Waals surface area contributed by atoms with Crippen molar-refractivity contribution in [2.45, 2.75) is 25.9 Å². The Morgan fingerprint density at radius 1 is 0.964 bits per heavy atom. The number of hydrogen-bond acceptors (Lipinski definition) is 4. The molecule has 1 amide bonds. The smallest absolute Gasteiger partial charge is 0.414 e. The van der Waals surface area contributed by atoms with Gasteiger partial charge in [0.1, 0.15) is 6.61 Å². The minimum absolute atomic E-state index is 0.260. The zero-order valence-corrected chi connectivity index (χ0v) is 16.1. The number of nitrogens with zero attached hydrogens (tertiary/aromatic N) is 2. The molecule has 0 N–H and O–H groups in total. The lowest BCUT2D eigenvalue weighted by atomic mass is 9.76. The lowest BCUT2D eigenvalue weighted by Crippen LogP contribution is -2.51. The number of hydrogen-bond donors (Lipinski definition) is 0. The van der Waals surface area contributed by atoms with Crippen LogP contribution in [0.15, 0.2) is 48.5 Å². The summed E-state index contributed by atoms with van der Waals surface area (Å²) >= 11 is 0. The Labute approximate surface area is 165 Å². The van der Waals surface area contributed by atoms with Gasteiger partial charge < -0.3 is 14.4 Å². The molecular weight excluding hydrogens is 352 g/mol. The average Bonchev–Trinajstić information content (AvgIpc) is 3.16.